The average molecular weight is 457 g/mol. The molecule has 5 rings (SSSR count). The van der Waals surface area contributed by atoms with Gasteiger partial charge in [-0.05, 0) is 25.1 Å². The monoisotopic (exact) mass is 456 g/mol. The van der Waals surface area contributed by atoms with E-state index in [1.54, 1.807) is 33.8 Å². The van der Waals surface area contributed by atoms with E-state index in [1.165, 1.54) is 0 Å². The van der Waals surface area contributed by atoms with Gasteiger partial charge in [0.1, 0.15) is 5.75 Å². The highest BCUT2D eigenvalue weighted by atomic mass is 32.2. The fourth-order valence-electron chi connectivity index (χ4n) is 3.91. The minimum Gasteiger partial charge on any atom is -0.469 e. The van der Waals surface area contributed by atoms with Gasteiger partial charge in [0.05, 0.1) is 16.3 Å². The lowest BCUT2D eigenvalue weighted by molar-refractivity contribution is 0.251. The van der Waals surface area contributed by atoms with E-state index in [0.29, 0.717) is 31.1 Å². The Bertz CT molecular complexity index is 1190. The van der Waals surface area contributed by atoms with Gasteiger partial charge in [-0.2, -0.15) is 4.31 Å². The standard InChI is InChI=1S/C22H24N4O3S2/c1-16-24(2)20-14-18(8-9-21(20)29-16)31(27,28)26-12-10-25(11-13-26)22-23-19(15-30-22)17-6-4-3-5-7-17/h3-9,14-16H,10-13H2,1-2H3. The van der Waals surface area contributed by atoms with Crippen LogP contribution in [0.4, 0.5) is 10.8 Å². The Morgan fingerprint density at radius 2 is 1.81 bits per heavy atom. The van der Waals surface area contributed by atoms with E-state index in [-0.39, 0.29) is 6.23 Å². The van der Waals surface area contributed by atoms with Crippen molar-refractivity contribution in [1.82, 2.24) is 9.29 Å². The second-order valence-corrected chi connectivity index (χ2v) is 10.5. The molecule has 31 heavy (non-hydrogen) atoms. The largest absolute Gasteiger partial charge is 0.469 e. The summed E-state index contributed by atoms with van der Waals surface area (Å²) in [6.45, 7) is 4.04. The van der Waals surface area contributed by atoms with E-state index < -0.39 is 10.0 Å². The predicted molar refractivity (Wildman–Crippen MR) is 123 cm³/mol. The normalized spacial score (nSPS) is 19.4. The fourth-order valence-corrected chi connectivity index (χ4v) is 6.24. The molecule has 0 radical (unpaired) electrons. The van der Waals surface area contributed by atoms with Crippen molar-refractivity contribution in [2.45, 2.75) is 18.0 Å². The molecule has 0 N–H and O–H groups in total. The van der Waals surface area contributed by atoms with Gasteiger partial charge in [-0.15, -0.1) is 11.3 Å². The fraction of sp³-hybridized carbons (Fsp3) is 0.318. The number of piperazine rings is 1. The first-order chi connectivity index (χ1) is 14.9. The molecule has 3 aromatic rings. The first-order valence-corrected chi connectivity index (χ1v) is 12.5. The summed E-state index contributed by atoms with van der Waals surface area (Å²) in [6, 6.07) is 15.2. The number of aromatic nitrogens is 1. The summed E-state index contributed by atoms with van der Waals surface area (Å²) in [4.78, 5) is 9.18. The topological polar surface area (TPSA) is 66.0 Å². The quantitative estimate of drug-likeness (QED) is 0.599. The molecule has 1 unspecified atom stereocenters. The predicted octanol–water partition coefficient (Wildman–Crippen LogP) is 3.50. The zero-order valence-electron chi connectivity index (χ0n) is 17.4. The maximum Gasteiger partial charge on any atom is 0.243 e. The second-order valence-electron chi connectivity index (χ2n) is 7.73. The first-order valence-electron chi connectivity index (χ1n) is 10.2. The highest BCUT2D eigenvalue weighted by molar-refractivity contribution is 7.89. The Morgan fingerprint density at radius 1 is 1.06 bits per heavy atom. The summed E-state index contributed by atoms with van der Waals surface area (Å²) in [5.41, 5.74) is 2.85. The molecule has 3 heterocycles. The number of thiazole rings is 1. The number of anilines is 2. The number of ether oxygens (including phenoxy) is 1. The highest BCUT2D eigenvalue weighted by Gasteiger charge is 2.32. The molecule has 0 saturated carbocycles. The summed E-state index contributed by atoms with van der Waals surface area (Å²) in [5, 5.41) is 2.99. The number of nitrogens with zero attached hydrogens (tertiary/aromatic N) is 4. The number of hydrogen-bond acceptors (Lipinski definition) is 7. The Kier molecular flexibility index (Phi) is 5.11. The van der Waals surface area contributed by atoms with Gasteiger partial charge in [0.2, 0.25) is 10.0 Å². The van der Waals surface area contributed by atoms with Crippen molar-refractivity contribution >= 4 is 32.2 Å². The molecular formula is C22H24N4O3S2. The molecule has 0 aliphatic carbocycles. The van der Waals surface area contributed by atoms with Crippen molar-refractivity contribution in [2.24, 2.45) is 0 Å². The van der Waals surface area contributed by atoms with Crippen LogP contribution in [0.25, 0.3) is 11.3 Å². The Hall–Kier alpha value is -2.62. The zero-order valence-corrected chi connectivity index (χ0v) is 19.1. The van der Waals surface area contributed by atoms with Crippen LogP contribution in [0.3, 0.4) is 0 Å². The third-order valence-corrected chi connectivity index (χ3v) is 8.66. The lowest BCUT2D eigenvalue weighted by Gasteiger charge is -2.33. The number of fused-ring (bicyclic) bond motifs is 1. The Balaban J connectivity index is 1.29. The molecule has 0 spiro atoms. The molecule has 2 aliphatic heterocycles. The number of benzene rings is 2. The molecule has 2 aliphatic rings. The molecule has 2 aromatic carbocycles. The van der Waals surface area contributed by atoms with Crippen LogP contribution in [-0.4, -0.2) is 57.2 Å². The van der Waals surface area contributed by atoms with Gasteiger partial charge in [-0.3, -0.25) is 0 Å². The van der Waals surface area contributed by atoms with Crippen LogP contribution in [0.1, 0.15) is 6.92 Å². The summed E-state index contributed by atoms with van der Waals surface area (Å²) in [7, 11) is -1.65. The van der Waals surface area contributed by atoms with E-state index in [2.05, 4.69) is 10.3 Å². The summed E-state index contributed by atoms with van der Waals surface area (Å²) < 4.78 is 33.8. The highest BCUT2D eigenvalue weighted by Crippen LogP contribution is 2.38. The molecule has 1 atom stereocenters. The molecule has 0 bridgehead atoms. The smallest absolute Gasteiger partial charge is 0.243 e. The Labute approximate surface area is 186 Å². The molecule has 9 heteroatoms. The molecule has 162 valence electrons. The van der Waals surface area contributed by atoms with Crippen molar-refractivity contribution in [2.75, 3.05) is 43.0 Å². The van der Waals surface area contributed by atoms with E-state index in [1.807, 2.05) is 49.2 Å². The van der Waals surface area contributed by atoms with Gasteiger partial charge in [-0.1, -0.05) is 30.3 Å². The number of sulfonamides is 1. The van der Waals surface area contributed by atoms with Crippen molar-refractivity contribution in [3.05, 3.63) is 53.9 Å². The SMILES string of the molecule is CC1Oc2ccc(S(=O)(=O)N3CCN(c4nc(-c5ccccc5)cs4)CC3)cc2N1C. The van der Waals surface area contributed by atoms with Crippen LogP contribution in [0.2, 0.25) is 0 Å². The van der Waals surface area contributed by atoms with Crippen molar-refractivity contribution in [3.8, 4) is 17.0 Å². The molecule has 7 nitrogen and oxygen atoms in total. The second kappa shape index (κ2) is 7.81. The first kappa shape index (κ1) is 20.3. The molecule has 0 amide bonds. The van der Waals surface area contributed by atoms with E-state index in [4.69, 9.17) is 9.72 Å². The molecule has 1 saturated heterocycles. The molecule has 1 aromatic heterocycles. The van der Waals surface area contributed by atoms with Gasteiger partial charge >= 0.3 is 0 Å². The minimum absolute atomic E-state index is 0.101. The molecule has 1 fully saturated rings. The number of hydrogen-bond donors (Lipinski definition) is 0. The third-order valence-electron chi connectivity index (χ3n) is 5.86. The van der Waals surface area contributed by atoms with Crippen LogP contribution in [0, 0.1) is 0 Å². The van der Waals surface area contributed by atoms with Gasteiger partial charge in [0.15, 0.2) is 11.4 Å². The summed E-state index contributed by atoms with van der Waals surface area (Å²) in [5.74, 6) is 0.719. The summed E-state index contributed by atoms with van der Waals surface area (Å²) in [6.07, 6.45) is -0.101. The lowest BCUT2D eigenvalue weighted by atomic mass is 10.2. The maximum atomic E-state index is 13.2. The zero-order chi connectivity index (χ0) is 21.6. The van der Waals surface area contributed by atoms with Gasteiger partial charge < -0.3 is 14.5 Å². The van der Waals surface area contributed by atoms with Crippen LogP contribution in [-0.2, 0) is 10.0 Å². The van der Waals surface area contributed by atoms with Crippen LogP contribution in [0.5, 0.6) is 5.75 Å². The van der Waals surface area contributed by atoms with E-state index in [9.17, 15) is 8.42 Å². The van der Waals surface area contributed by atoms with Crippen LogP contribution < -0.4 is 14.5 Å². The van der Waals surface area contributed by atoms with E-state index >= 15 is 0 Å². The minimum atomic E-state index is -3.56. The lowest BCUT2D eigenvalue weighted by Crippen LogP contribution is -2.48. The van der Waals surface area contributed by atoms with Crippen molar-refractivity contribution < 1.29 is 13.2 Å². The third kappa shape index (κ3) is 3.66. The van der Waals surface area contributed by atoms with Crippen LogP contribution in [0.15, 0.2) is 58.8 Å². The van der Waals surface area contributed by atoms with Gasteiger partial charge in [0, 0.05) is 44.2 Å². The molecular weight excluding hydrogens is 432 g/mol. The van der Waals surface area contributed by atoms with Crippen LogP contribution >= 0.6 is 11.3 Å². The van der Waals surface area contributed by atoms with E-state index in [0.717, 1.165) is 27.8 Å². The number of rotatable bonds is 4. The van der Waals surface area contributed by atoms with Gasteiger partial charge in [0.25, 0.3) is 0 Å². The average Bonchev–Trinajstić information content (AvgIpc) is 3.40. The maximum absolute atomic E-state index is 13.2. The van der Waals surface area contributed by atoms with Crippen molar-refractivity contribution in [1.29, 1.82) is 0 Å². The van der Waals surface area contributed by atoms with Crippen molar-refractivity contribution in [3.63, 3.8) is 0 Å². The van der Waals surface area contributed by atoms with Gasteiger partial charge in [-0.25, -0.2) is 13.4 Å². The Morgan fingerprint density at radius 3 is 2.55 bits per heavy atom. The summed E-state index contributed by atoms with van der Waals surface area (Å²) >= 11 is 1.60.